The Hall–Kier alpha value is -1.42. The fourth-order valence-electron chi connectivity index (χ4n) is 2.02. The van der Waals surface area contributed by atoms with Crippen LogP contribution in [0.5, 0.6) is 0 Å². The van der Waals surface area contributed by atoms with E-state index in [1.807, 2.05) is 19.1 Å². The first-order valence-corrected chi connectivity index (χ1v) is 7.04. The van der Waals surface area contributed by atoms with Gasteiger partial charge in [0, 0.05) is 24.5 Å². The zero-order chi connectivity index (χ0) is 14.3. The number of hydrogen-bond donors (Lipinski definition) is 2. The molecule has 1 unspecified atom stereocenters. The molecule has 0 aliphatic carbocycles. The first-order valence-electron chi connectivity index (χ1n) is 7.04. The van der Waals surface area contributed by atoms with Gasteiger partial charge in [0.25, 0.3) is 0 Å². The SMILES string of the molecule is CCC(CC)NC(=O)C(C)N[C@@H](C)c1ccncc1. The Morgan fingerprint density at radius 1 is 1.21 bits per heavy atom. The summed E-state index contributed by atoms with van der Waals surface area (Å²) in [6.07, 6.45) is 5.47. The molecular weight excluding hydrogens is 238 g/mol. The van der Waals surface area contributed by atoms with Gasteiger partial charge in [0.05, 0.1) is 6.04 Å². The molecule has 4 heteroatoms. The van der Waals surface area contributed by atoms with Crippen LogP contribution in [-0.4, -0.2) is 23.0 Å². The van der Waals surface area contributed by atoms with Crippen LogP contribution in [0, 0.1) is 0 Å². The molecule has 1 aromatic heterocycles. The standard InChI is InChI=1S/C15H25N3O/c1-5-14(6-2)18-15(19)12(4)17-11(3)13-7-9-16-10-8-13/h7-12,14,17H,5-6H2,1-4H3,(H,18,19)/t11-,12?/m0/s1. The van der Waals surface area contributed by atoms with Crippen LogP contribution in [0.4, 0.5) is 0 Å². The summed E-state index contributed by atoms with van der Waals surface area (Å²) in [5, 5.41) is 6.37. The van der Waals surface area contributed by atoms with Gasteiger partial charge >= 0.3 is 0 Å². The summed E-state index contributed by atoms with van der Waals surface area (Å²) in [7, 11) is 0. The van der Waals surface area contributed by atoms with E-state index in [-0.39, 0.29) is 24.0 Å². The average molecular weight is 263 g/mol. The van der Waals surface area contributed by atoms with Crippen molar-refractivity contribution in [2.24, 2.45) is 0 Å². The predicted molar refractivity (Wildman–Crippen MR) is 77.8 cm³/mol. The highest BCUT2D eigenvalue weighted by molar-refractivity contribution is 5.81. The van der Waals surface area contributed by atoms with Gasteiger partial charge in [0.1, 0.15) is 0 Å². The van der Waals surface area contributed by atoms with E-state index in [2.05, 4.69) is 36.4 Å². The minimum atomic E-state index is -0.205. The third-order valence-corrected chi connectivity index (χ3v) is 3.43. The van der Waals surface area contributed by atoms with Gasteiger partial charge in [-0.3, -0.25) is 15.1 Å². The van der Waals surface area contributed by atoms with E-state index >= 15 is 0 Å². The van der Waals surface area contributed by atoms with Crippen molar-refractivity contribution in [1.82, 2.24) is 15.6 Å². The monoisotopic (exact) mass is 263 g/mol. The molecular formula is C15H25N3O. The number of aromatic nitrogens is 1. The smallest absolute Gasteiger partial charge is 0.237 e. The van der Waals surface area contributed by atoms with Crippen LogP contribution in [0.15, 0.2) is 24.5 Å². The van der Waals surface area contributed by atoms with Crippen molar-refractivity contribution >= 4 is 5.91 Å². The van der Waals surface area contributed by atoms with E-state index in [0.717, 1.165) is 18.4 Å². The molecule has 0 aliphatic heterocycles. The van der Waals surface area contributed by atoms with Gasteiger partial charge in [0.15, 0.2) is 0 Å². The molecule has 0 fully saturated rings. The van der Waals surface area contributed by atoms with Gasteiger partial charge in [-0.25, -0.2) is 0 Å². The Kier molecular flexibility index (Phi) is 6.50. The lowest BCUT2D eigenvalue weighted by molar-refractivity contribution is -0.123. The van der Waals surface area contributed by atoms with Gasteiger partial charge in [-0.1, -0.05) is 13.8 Å². The summed E-state index contributed by atoms with van der Waals surface area (Å²) in [6.45, 7) is 8.13. The Morgan fingerprint density at radius 3 is 2.32 bits per heavy atom. The van der Waals surface area contributed by atoms with Crippen LogP contribution in [0.3, 0.4) is 0 Å². The number of nitrogens with one attached hydrogen (secondary N) is 2. The Morgan fingerprint density at radius 2 is 1.79 bits per heavy atom. The van der Waals surface area contributed by atoms with Crippen LogP contribution in [0.1, 0.15) is 52.1 Å². The van der Waals surface area contributed by atoms with Crippen LogP contribution in [0.2, 0.25) is 0 Å². The molecule has 1 heterocycles. The summed E-state index contributed by atoms with van der Waals surface area (Å²) in [5.41, 5.74) is 1.14. The molecule has 0 radical (unpaired) electrons. The van der Waals surface area contributed by atoms with Crippen molar-refractivity contribution in [3.8, 4) is 0 Å². The van der Waals surface area contributed by atoms with Crippen molar-refractivity contribution < 1.29 is 4.79 Å². The van der Waals surface area contributed by atoms with E-state index in [1.165, 1.54) is 0 Å². The molecule has 1 aromatic rings. The number of amides is 1. The second-order valence-electron chi connectivity index (χ2n) is 4.91. The molecule has 0 aliphatic rings. The summed E-state index contributed by atoms with van der Waals surface area (Å²) in [6, 6.07) is 4.12. The van der Waals surface area contributed by atoms with E-state index in [1.54, 1.807) is 12.4 Å². The number of carbonyl (C=O) groups excluding carboxylic acids is 1. The highest BCUT2D eigenvalue weighted by atomic mass is 16.2. The summed E-state index contributed by atoms with van der Waals surface area (Å²) < 4.78 is 0. The van der Waals surface area contributed by atoms with Crippen molar-refractivity contribution in [3.63, 3.8) is 0 Å². The largest absolute Gasteiger partial charge is 0.352 e. The predicted octanol–water partition coefficient (Wildman–Crippen LogP) is 2.43. The molecule has 0 saturated heterocycles. The summed E-state index contributed by atoms with van der Waals surface area (Å²) in [4.78, 5) is 16.0. The van der Waals surface area contributed by atoms with E-state index < -0.39 is 0 Å². The molecule has 4 nitrogen and oxygen atoms in total. The van der Waals surface area contributed by atoms with Gasteiger partial charge in [-0.15, -0.1) is 0 Å². The number of pyridine rings is 1. The van der Waals surface area contributed by atoms with Gasteiger partial charge in [-0.05, 0) is 44.4 Å². The molecule has 19 heavy (non-hydrogen) atoms. The Balaban J connectivity index is 2.50. The second-order valence-corrected chi connectivity index (χ2v) is 4.91. The third-order valence-electron chi connectivity index (χ3n) is 3.43. The van der Waals surface area contributed by atoms with Crippen molar-refractivity contribution in [3.05, 3.63) is 30.1 Å². The van der Waals surface area contributed by atoms with Crippen LogP contribution < -0.4 is 10.6 Å². The fourth-order valence-corrected chi connectivity index (χ4v) is 2.02. The molecule has 0 aromatic carbocycles. The van der Waals surface area contributed by atoms with Crippen molar-refractivity contribution in [2.45, 2.75) is 58.7 Å². The lowest BCUT2D eigenvalue weighted by Crippen LogP contribution is -2.46. The van der Waals surface area contributed by atoms with E-state index in [0.29, 0.717) is 0 Å². The maximum Gasteiger partial charge on any atom is 0.237 e. The molecule has 106 valence electrons. The van der Waals surface area contributed by atoms with Crippen molar-refractivity contribution in [2.75, 3.05) is 0 Å². The van der Waals surface area contributed by atoms with Crippen LogP contribution in [0.25, 0.3) is 0 Å². The highest BCUT2D eigenvalue weighted by Crippen LogP contribution is 2.11. The van der Waals surface area contributed by atoms with Gasteiger partial charge < -0.3 is 5.32 Å². The Labute approximate surface area is 116 Å². The van der Waals surface area contributed by atoms with Gasteiger partial charge in [0.2, 0.25) is 5.91 Å². The molecule has 1 rings (SSSR count). The minimum Gasteiger partial charge on any atom is -0.352 e. The summed E-state index contributed by atoms with van der Waals surface area (Å²) >= 11 is 0. The molecule has 0 bridgehead atoms. The Bertz CT molecular complexity index is 376. The first kappa shape index (κ1) is 15.6. The number of rotatable bonds is 7. The summed E-state index contributed by atoms with van der Waals surface area (Å²) in [5.74, 6) is 0.0645. The van der Waals surface area contributed by atoms with Crippen LogP contribution >= 0.6 is 0 Å². The molecule has 0 spiro atoms. The minimum absolute atomic E-state index is 0.0645. The molecule has 2 N–H and O–H groups in total. The number of nitrogens with zero attached hydrogens (tertiary/aromatic N) is 1. The van der Waals surface area contributed by atoms with E-state index in [4.69, 9.17) is 0 Å². The molecule has 0 saturated carbocycles. The van der Waals surface area contributed by atoms with E-state index in [9.17, 15) is 4.79 Å². The maximum atomic E-state index is 12.1. The molecule has 2 atom stereocenters. The molecule has 1 amide bonds. The lowest BCUT2D eigenvalue weighted by atomic mass is 10.1. The fraction of sp³-hybridized carbons (Fsp3) is 0.600. The maximum absolute atomic E-state index is 12.1. The average Bonchev–Trinajstić information content (AvgIpc) is 2.45. The number of carbonyl (C=O) groups is 1. The first-order chi connectivity index (χ1) is 9.08. The second kappa shape index (κ2) is 7.89. The van der Waals surface area contributed by atoms with Crippen LogP contribution in [-0.2, 0) is 4.79 Å². The topological polar surface area (TPSA) is 54.0 Å². The quantitative estimate of drug-likeness (QED) is 0.794. The van der Waals surface area contributed by atoms with Gasteiger partial charge in [-0.2, -0.15) is 0 Å². The number of hydrogen-bond acceptors (Lipinski definition) is 3. The third kappa shape index (κ3) is 4.99. The zero-order valence-electron chi connectivity index (χ0n) is 12.3. The highest BCUT2D eigenvalue weighted by Gasteiger charge is 2.18. The lowest BCUT2D eigenvalue weighted by Gasteiger charge is -2.22. The van der Waals surface area contributed by atoms with Crippen molar-refractivity contribution in [1.29, 1.82) is 0 Å². The normalized spacial score (nSPS) is 14.2. The zero-order valence-corrected chi connectivity index (χ0v) is 12.3.